The zero-order valence-electron chi connectivity index (χ0n) is 47.8. The van der Waals surface area contributed by atoms with E-state index in [1.165, 1.54) is 83.5 Å². The summed E-state index contributed by atoms with van der Waals surface area (Å²) < 4.78 is 30.6. The predicted molar refractivity (Wildman–Crippen MR) is 314 cm³/mol. The van der Waals surface area contributed by atoms with Crippen LogP contribution in [-0.4, -0.2) is 74.3 Å². The normalized spacial score (nSPS) is 14.5. The highest BCUT2D eigenvalue weighted by atomic mass is 31.2. The van der Waals surface area contributed by atoms with E-state index in [2.05, 4.69) is 105 Å². The molecule has 0 heterocycles. The Morgan fingerprint density at radius 3 is 1.45 bits per heavy atom. The number of ether oxygens (including phenoxy) is 1. The second kappa shape index (κ2) is 52.4. The Morgan fingerprint density at radius 1 is 0.507 bits per heavy atom. The molecule has 0 saturated heterocycles. The lowest BCUT2D eigenvalue weighted by Gasteiger charge is -2.27. The molecule has 0 aromatic heterocycles. The van der Waals surface area contributed by atoms with Gasteiger partial charge in [0.2, 0.25) is 5.91 Å². The summed E-state index contributed by atoms with van der Waals surface area (Å²) in [6.07, 6.45) is 69.7. The SMILES string of the molecule is CC/C=C/C=C/C=C\CCCCCCCC(=O)NC(COP(=O)(O)OCC[N+](C)(C)C)C(/C=C\CCCCCCCCCCCCC)OC(=O)CCCCCCC/C=C\C/C=C\C/C=C\C/C=C\CCCCC. The molecule has 0 aliphatic heterocycles. The fourth-order valence-corrected chi connectivity index (χ4v) is 8.72. The van der Waals surface area contributed by atoms with E-state index in [0.29, 0.717) is 23.9 Å². The number of rotatable bonds is 52. The van der Waals surface area contributed by atoms with Gasteiger partial charge in [0, 0.05) is 12.8 Å². The van der Waals surface area contributed by atoms with Gasteiger partial charge in [0.1, 0.15) is 19.3 Å². The van der Waals surface area contributed by atoms with Crippen LogP contribution in [0.2, 0.25) is 0 Å². The van der Waals surface area contributed by atoms with Gasteiger partial charge in [-0.1, -0.05) is 227 Å². The maximum Gasteiger partial charge on any atom is 0.472 e. The number of carbonyl (C=O) groups is 2. The number of allylic oxidation sites excluding steroid dienone is 15. The van der Waals surface area contributed by atoms with Gasteiger partial charge < -0.3 is 19.4 Å². The van der Waals surface area contributed by atoms with Crippen LogP contribution < -0.4 is 5.32 Å². The molecule has 0 bridgehead atoms. The van der Waals surface area contributed by atoms with Crippen LogP contribution in [0, 0.1) is 0 Å². The lowest BCUT2D eigenvalue weighted by molar-refractivity contribution is -0.870. The van der Waals surface area contributed by atoms with Crippen LogP contribution in [-0.2, 0) is 27.9 Å². The fraction of sp³-hybridized carbons (Fsp3) is 0.714. The first-order chi connectivity index (χ1) is 35.4. The second-order valence-corrected chi connectivity index (χ2v) is 22.3. The topological polar surface area (TPSA) is 111 Å². The van der Waals surface area contributed by atoms with Crippen LogP contribution in [0.3, 0.4) is 0 Å². The summed E-state index contributed by atoms with van der Waals surface area (Å²) in [7, 11) is 1.46. The lowest BCUT2D eigenvalue weighted by Crippen LogP contribution is -2.47. The van der Waals surface area contributed by atoms with Gasteiger partial charge in [-0.15, -0.1) is 0 Å². The minimum atomic E-state index is -4.46. The van der Waals surface area contributed by atoms with Crippen molar-refractivity contribution in [1.29, 1.82) is 0 Å². The molecule has 2 N–H and O–H groups in total. The second-order valence-electron chi connectivity index (χ2n) is 20.8. The summed E-state index contributed by atoms with van der Waals surface area (Å²) in [4.78, 5) is 37.6. The fourth-order valence-electron chi connectivity index (χ4n) is 7.98. The average Bonchev–Trinajstić information content (AvgIpc) is 3.35. The van der Waals surface area contributed by atoms with E-state index < -0.39 is 20.0 Å². The maximum atomic E-state index is 13.5. The van der Waals surface area contributed by atoms with Gasteiger partial charge in [0.25, 0.3) is 0 Å². The average molecular weight is 1040 g/mol. The van der Waals surface area contributed by atoms with Gasteiger partial charge in [-0.25, -0.2) is 4.57 Å². The van der Waals surface area contributed by atoms with E-state index in [1.807, 2.05) is 39.4 Å². The Labute approximate surface area is 449 Å². The van der Waals surface area contributed by atoms with Crippen LogP contribution in [0.15, 0.2) is 97.2 Å². The van der Waals surface area contributed by atoms with Gasteiger partial charge >= 0.3 is 13.8 Å². The van der Waals surface area contributed by atoms with Crippen LogP contribution in [0.5, 0.6) is 0 Å². The number of phosphoric acid groups is 1. The van der Waals surface area contributed by atoms with Crippen molar-refractivity contribution in [1.82, 2.24) is 5.32 Å². The zero-order chi connectivity index (χ0) is 53.6. The number of hydrogen-bond acceptors (Lipinski definition) is 6. The summed E-state index contributed by atoms with van der Waals surface area (Å²) >= 11 is 0. The Balaban J connectivity index is 5.37. The number of carbonyl (C=O) groups excluding carboxylic acids is 2. The van der Waals surface area contributed by atoms with E-state index in [0.717, 1.165) is 116 Å². The zero-order valence-corrected chi connectivity index (χ0v) is 48.7. The number of amides is 1. The van der Waals surface area contributed by atoms with Gasteiger partial charge in [-0.05, 0) is 96.0 Å². The molecule has 73 heavy (non-hydrogen) atoms. The lowest BCUT2D eigenvalue weighted by atomic mass is 10.0. The molecule has 0 rings (SSSR count). The molecule has 3 atom stereocenters. The molecule has 9 nitrogen and oxygen atoms in total. The molecule has 0 radical (unpaired) electrons. The molecular weight excluding hydrogens is 928 g/mol. The van der Waals surface area contributed by atoms with Crippen molar-refractivity contribution in [2.24, 2.45) is 0 Å². The van der Waals surface area contributed by atoms with Crippen molar-refractivity contribution in [2.75, 3.05) is 40.9 Å². The third-order valence-corrected chi connectivity index (χ3v) is 13.6. The van der Waals surface area contributed by atoms with Crippen molar-refractivity contribution in [3.63, 3.8) is 0 Å². The maximum absolute atomic E-state index is 13.5. The highest BCUT2D eigenvalue weighted by Crippen LogP contribution is 2.43. The molecule has 0 aliphatic carbocycles. The van der Waals surface area contributed by atoms with Crippen molar-refractivity contribution in [2.45, 2.75) is 251 Å². The van der Waals surface area contributed by atoms with Crippen LogP contribution in [0.25, 0.3) is 0 Å². The summed E-state index contributed by atoms with van der Waals surface area (Å²) in [6.45, 7) is 6.81. The molecular formula is C63H112N2O7P+. The van der Waals surface area contributed by atoms with E-state index in [-0.39, 0.29) is 31.5 Å². The largest absolute Gasteiger partial charge is 0.472 e. The third-order valence-electron chi connectivity index (χ3n) is 12.6. The Bertz CT molecular complexity index is 1570. The van der Waals surface area contributed by atoms with Crippen molar-refractivity contribution >= 4 is 19.7 Å². The molecule has 0 fully saturated rings. The number of esters is 1. The van der Waals surface area contributed by atoms with Crippen LogP contribution in [0.4, 0.5) is 0 Å². The summed E-state index contributed by atoms with van der Waals surface area (Å²) in [5.74, 6) is -0.555. The Hall–Kier alpha value is -3.07. The van der Waals surface area contributed by atoms with Gasteiger partial charge in [0.15, 0.2) is 0 Å². The monoisotopic (exact) mass is 1040 g/mol. The van der Waals surface area contributed by atoms with E-state index in [1.54, 1.807) is 0 Å². The van der Waals surface area contributed by atoms with Crippen LogP contribution >= 0.6 is 7.82 Å². The highest BCUT2D eigenvalue weighted by Gasteiger charge is 2.30. The number of quaternary nitrogens is 1. The molecule has 3 unspecified atom stereocenters. The van der Waals surface area contributed by atoms with Crippen molar-refractivity contribution in [3.05, 3.63) is 97.2 Å². The van der Waals surface area contributed by atoms with E-state index in [9.17, 15) is 19.0 Å². The summed E-state index contributed by atoms with van der Waals surface area (Å²) in [6, 6.07) is -0.872. The van der Waals surface area contributed by atoms with Crippen molar-refractivity contribution in [3.8, 4) is 0 Å². The van der Waals surface area contributed by atoms with E-state index >= 15 is 0 Å². The smallest absolute Gasteiger partial charge is 0.456 e. The Morgan fingerprint density at radius 2 is 0.932 bits per heavy atom. The predicted octanol–water partition coefficient (Wildman–Crippen LogP) is 18.0. The highest BCUT2D eigenvalue weighted by molar-refractivity contribution is 7.47. The number of phosphoric ester groups is 1. The molecule has 0 spiro atoms. The van der Waals surface area contributed by atoms with Gasteiger partial charge in [-0.2, -0.15) is 0 Å². The molecule has 0 aliphatic rings. The standard InChI is InChI=1S/C63H111N2O7P/c1-7-10-13-16-19-22-25-28-29-30-31-32-33-34-35-38-41-44-47-50-53-56-63(67)72-61(54-51-48-45-42-39-36-26-23-20-17-14-11-8-2)60(59-71-73(68,69)70-58-57-65(4,5)6)64-62(66)55-52-49-46-43-40-37-27-24-21-18-15-12-9-3/h12,15,18-19,21-22,24,27-29,31-32,34-35,51,54,60-61H,7-11,13-14,16-17,20,23,25-26,30,33,36-50,52-53,55-59H2,1-6H3,(H-,64,66,68,69)/p+1/b15-12+,21-18+,22-19-,27-24-,29-28-,32-31-,35-34-,54-51-. The molecule has 0 saturated carbocycles. The van der Waals surface area contributed by atoms with Gasteiger partial charge in [0.05, 0.1) is 33.8 Å². The van der Waals surface area contributed by atoms with E-state index in [4.69, 9.17) is 13.8 Å². The number of likely N-dealkylation sites (N-methyl/N-ethyl adjacent to an activating group) is 1. The molecule has 420 valence electrons. The van der Waals surface area contributed by atoms with Crippen molar-refractivity contribution < 1.29 is 37.3 Å². The molecule has 0 aromatic carbocycles. The minimum Gasteiger partial charge on any atom is -0.456 e. The number of hydrogen-bond donors (Lipinski definition) is 2. The molecule has 1 amide bonds. The quantitative estimate of drug-likeness (QED) is 0.0156. The van der Waals surface area contributed by atoms with Crippen LogP contribution in [0.1, 0.15) is 239 Å². The molecule has 10 heteroatoms. The first-order valence-corrected chi connectivity index (χ1v) is 31.1. The molecule has 0 aromatic rings. The summed E-state index contributed by atoms with van der Waals surface area (Å²) in [5.41, 5.74) is 0. The third kappa shape index (κ3) is 53.6. The first-order valence-electron chi connectivity index (χ1n) is 29.6. The number of nitrogens with one attached hydrogen (secondary N) is 1. The summed E-state index contributed by atoms with van der Waals surface area (Å²) in [5, 5.41) is 3.03. The number of nitrogens with zero attached hydrogens (tertiary/aromatic N) is 1. The Kier molecular flexibility index (Phi) is 50.2. The minimum absolute atomic E-state index is 0.0279. The number of unbranched alkanes of at least 4 members (excludes halogenated alkanes) is 24. The van der Waals surface area contributed by atoms with Gasteiger partial charge in [-0.3, -0.25) is 18.6 Å². The first kappa shape index (κ1) is 69.9.